The van der Waals surface area contributed by atoms with Gasteiger partial charge in [-0.1, -0.05) is 94.9 Å². The first kappa shape index (κ1) is 47.8. The van der Waals surface area contributed by atoms with Gasteiger partial charge in [0.15, 0.2) is 0 Å². The van der Waals surface area contributed by atoms with Gasteiger partial charge in [0.1, 0.15) is 6.04 Å². The van der Waals surface area contributed by atoms with Crippen LogP contribution < -0.4 is 21.3 Å². The van der Waals surface area contributed by atoms with Crippen molar-refractivity contribution in [1.29, 1.82) is 0 Å². The molecule has 0 aromatic carbocycles. The number of nitrogens with one attached hydrogen (secondary N) is 4. The molecule has 50 heavy (non-hydrogen) atoms. The largest absolute Gasteiger partial charge is 0.384 e. The zero-order valence-corrected chi connectivity index (χ0v) is 33.9. The van der Waals surface area contributed by atoms with Crippen LogP contribution in [0.25, 0.3) is 0 Å². The van der Waals surface area contributed by atoms with Gasteiger partial charge >= 0.3 is 0 Å². The van der Waals surface area contributed by atoms with Gasteiger partial charge < -0.3 is 35.5 Å². The third kappa shape index (κ3) is 25.7. The molecule has 0 rings (SSSR count). The second-order valence-corrected chi connectivity index (χ2v) is 17.3. The number of unbranched alkanes of at least 4 members (excludes halogenated alkanes) is 4. The van der Waals surface area contributed by atoms with Crippen molar-refractivity contribution in [2.24, 2.45) is 21.7 Å². The van der Waals surface area contributed by atoms with Crippen molar-refractivity contribution in [2.45, 2.75) is 146 Å². The van der Waals surface area contributed by atoms with Crippen LogP contribution in [0.2, 0.25) is 0 Å². The number of hydrogen-bond acceptors (Lipinski definition) is 7. The predicted molar refractivity (Wildman–Crippen MR) is 202 cm³/mol. The van der Waals surface area contributed by atoms with Gasteiger partial charge in [0.2, 0.25) is 23.6 Å². The lowest BCUT2D eigenvalue weighted by Gasteiger charge is -2.30. The Morgan fingerprint density at radius 2 is 1.14 bits per heavy atom. The zero-order chi connectivity index (χ0) is 38.3. The fraction of sp³-hybridized carbons (Fsp3) is 0.897. The molecule has 0 spiro atoms. The molecule has 0 saturated heterocycles. The van der Waals surface area contributed by atoms with Gasteiger partial charge in [-0.05, 0) is 31.1 Å². The molecule has 0 radical (unpaired) electrons. The highest BCUT2D eigenvalue weighted by Gasteiger charge is 2.27. The van der Waals surface area contributed by atoms with E-state index in [0.717, 1.165) is 44.9 Å². The summed E-state index contributed by atoms with van der Waals surface area (Å²) in [5, 5.41) is 12.0. The first-order valence-corrected chi connectivity index (χ1v) is 19.0. The lowest BCUT2D eigenvalue weighted by Crippen LogP contribution is -2.49. The number of methoxy groups -OCH3 is 1. The molecule has 11 heteroatoms. The fourth-order valence-corrected chi connectivity index (χ4v) is 5.34. The number of hydrogen-bond donors (Lipinski definition) is 4. The molecule has 294 valence electrons. The molecule has 0 aliphatic carbocycles. The minimum Gasteiger partial charge on any atom is -0.384 e. The van der Waals surface area contributed by atoms with Crippen LogP contribution in [0.5, 0.6) is 0 Å². The Balaban J connectivity index is 4.78. The molecule has 0 aliphatic heterocycles. The van der Waals surface area contributed by atoms with E-state index in [4.69, 9.17) is 14.2 Å². The summed E-state index contributed by atoms with van der Waals surface area (Å²) in [5.74, 6) is -0.238. The molecule has 1 atom stereocenters. The van der Waals surface area contributed by atoms with E-state index in [-0.39, 0.29) is 45.3 Å². The molecule has 0 bridgehead atoms. The van der Waals surface area contributed by atoms with Gasteiger partial charge in [-0.3, -0.25) is 19.2 Å². The van der Waals surface area contributed by atoms with E-state index in [1.807, 2.05) is 34.6 Å². The summed E-state index contributed by atoms with van der Waals surface area (Å²) in [4.78, 5) is 50.5. The van der Waals surface area contributed by atoms with Gasteiger partial charge in [0.05, 0.1) is 33.0 Å². The summed E-state index contributed by atoms with van der Waals surface area (Å²) >= 11 is 0. The highest BCUT2D eigenvalue weighted by atomic mass is 16.5. The van der Waals surface area contributed by atoms with Gasteiger partial charge in [0, 0.05) is 62.3 Å². The lowest BCUT2D eigenvalue weighted by molar-refractivity contribution is -0.129. The molecule has 0 heterocycles. The second kappa shape index (κ2) is 24.9. The maximum absolute atomic E-state index is 13.3. The quantitative estimate of drug-likeness (QED) is 0.0676. The van der Waals surface area contributed by atoms with Gasteiger partial charge in [-0.2, -0.15) is 0 Å². The zero-order valence-electron chi connectivity index (χ0n) is 33.9. The first-order chi connectivity index (χ1) is 23.3. The standard InChI is InChI=1S/C39H76N4O7/c1-12-14-16-21-33(45)43-31(35(47)42-25-38(7,8)29-50-28-37(5,6)24-41-32(44)19-13-2)20-17-15-18-22-40-34(46)23-36(3,4)27-49-30-39(9,10)26-48-11/h31H,12-30H2,1-11H3,(H,40,46)(H,41,44)(H,42,47)(H,43,45)/t31-/m0/s1. The molecule has 0 aliphatic rings. The molecule has 0 unspecified atom stereocenters. The van der Waals surface area contributed by atoms with Crippen molar-refractivity contribution in [3.05, 3.63) is 0 Å². The molecule has 0 saturated carbocycles. The monoisotopic (exact) mass is 713 g/mol. The highest BCUT2D eigenvalue weighted by molar-refractivity contribution is 5.87. The van der Waals surface area contributed by atoms with Gasteiger partial charge in [-0.25, -0.2) is 0 Å². The second-order valence-electron chi connectivity index (χ2n) is 17.3. The summed E-state index contributed by atoms with van der Waals surface area (Å²) in [7, 11) is 1.68. The minimum absolute atomic E-state index is 0.000230. The normalized spacial score (nSPS) is 13.1. The first-order valence-electron chi connectivity index (χ1n) is 19.0. The van der Waals surface area contributed by atoms with E-state index in [9.17, 15) is 19.2 Å². The maximum atomic E-state index is 13.3. The molecule has 11 nitrogen and oxygen atoms in total. The average Bonchev–Trinajstić information content (AvgIpc) is 2.99. The fourth-order valence-electron chi connectivity index (χ4n) is 5.34. The Labute approximate surface area is 305 Å². The van der Waals surface area contributed by atoms with Gasteiger partial charge in [0.25, 0.3) is 0 Å². The van der Waals surface area contributed by atoms with Crippen LogP contribution >= 0.6 is 0 Å². The Morgan fingerprint density at radius 3 is 1.72 bits per heavy atom. The Bertz CT molecular complexity index is 981. The van der Waals surface area contributed by atoms with Crippen molar-refractivity contribution in [1.82, 2.24) is 21.3 Å². The molecule has 0 fully saturated rings. The molecule has 0 aromatic rings. The van der Waals surface area contributed by atoms with Crippen molar-refractivity contribution < 1.29 is 33.4 Å². The van der Waals surface area contributed by atoms with Crippen LogP contribution in [0.1, 0.15) is 140 Å². The number of rotatable bonds is 30. The molecule has 0 aromatic heterocycles. The Hall–Kier alpha value is -2.24. The van der Waals surface area contributed by atoms with E-state index in [1.165, 1.54) is 0 Å². The summed E-state index contributed by atoms with van der Waals surface area (Å²) in [6.07, 6.45) is 7.80. The van der Waals surface area contributed by atoms with Crippen molar-refractivity contribution in [3.63, 3.8) is 0 Å². The van der Waals surface area contributed by atoms with Crippen molar-refractivity contribution >= 4 is 23.6 Å². The average molecular weight is 713 g/mol. The van der Waals surface area contributed by atoms with Crippen molar-refractivity contribution in [3.8, 4) is 0 Å². The predicted octanol–water partition coefficient (Wildman–Crippen LogP) is 5.94. The molecular formula is C39H76N4O7. The molecule has 4 N–H and O–H groups in total. The van der Waals surface area contributed by atoms with Crippen LogP contribution in [-0.4, -0.2) is 89.4 Å². The van der Waals surface area contributed by atoms with E-state index < -0.39 is 6.04 Å². The van der Waals surface area contributed by atoms with E-state index >= 15 is 0 Å². The SMILES string of the molecule is CCCCCC(=O)N[C@@H](CCCCCNC(=O)CC(C)(C)COCC(C)(C)COC)C(=O)NCC(C)(C)COCC(C)(C)CNC(=O)CCC. The smallest absolute Gasteiger partial charge is 0.242 e. The van der Waals surface area contributed by atoms with Gasteiger partial charge in [-0.15, -0.1) is 0 Å². The molecule has 4 amide bonds. The number of amides is 4. The lowest BCUT2D eigenvalue weighted by atomic mass is 9.89. The summed E-state index contributed by atoms with van der Waals surface area (Å²) in [6.45, 7) is 24.6. The van der Waals surface area contributed by atoms with E-state index in [2.05, 4.69) is 55.9 Å². The third-order valence-electron chi connectivity index (χ3n) is 8.28. The number of carbonyl (C=O) groups excluding carboxylic acids is 4. The van der Waals surface area contributed by atoms with E-state index in [1.54, 1.807) is 7.11 Å². The summed E-state index contributed by atoms with van der Waals surface area (Å²) in [5.41, 5.74) is -0.907. The van der Waals surface area contributed by atoms with Crippen LogP contribution in [0.15, 0.2) is 0 Å². The highest BCUT2D eigenvalue weighted by Crippen LogP contribution is 2.23. The van der Waals surface area contributed by atoms with Crippen LogP contribution in [0.3, 0.4) is 0 Å². The van der Waals surface area contributed by atoms with Crippen LogP contribution in [0.4, 0.5) is 0 Å². The summed E-state index contributed by atoms with van der Waals surface area (Å²) in [6, 6.07) is -0.615. The third-order valence-corrected chi connectivity index (χ3v) is 8.28. The van der Waals surface area contributed by atoms with E-state index in [0.29, 0.717) is 78.4 Å². The van der Waals surface area contributed by atoms with Crippen LogP contribution in [-0.2, 0) is 33.4 Å². The molecular weight excluding hydrogens is 636 g/mol. The minimum atomic E-state index is -0.615. The Morgan fingerprint density at radius 1 is 0.560 bits per heavy atom. The Kier molecular flexibility index (Phi) is 23.7. The number of carbonyl (C=O) groups is 4. The topological polar surface area (TPSA) is 144 Å². The van der Waals surface area contributed by atoms with Crippen molar-refractivity contribution in [2.75, 3.05) is 59.8 Å². The van der Waals surface area contributed by atoms with Crippen LogP contribution in [0, 0.1) is 21.7 Å². The number of ether oxygens (including phenoxy) is 3. The maximum Gasteiger partial charge on any atom is 0.242 e. The summed E-state index contributed by atoms with van der Waals surface area (Å²) < 4.78 is 17.2.